The van der Waals surface area contributed by atoms with Gasteiger partial charge in [0.25, 0.3) is 0 Å². The molecule has 0 aliphatic heterocycles. The van der Waals surface area contributed by atoms with Gasteiger partial charge in [0.05, 0.1) is 0 Å². The zero-order valence-electron chi connectivity index (χ0n) is 11.5. The largest absolute Gasteiger partial charge is 0.299 e. The molecule has 0 fully saturated rings. The van der Waals surface area contributed by atoms with Crippen LogP contribution in [0.25, 0.3) is 0 Å². The van der Waals surface area contributed by atoms with Crippen LogP contribution in [0.3, 0.4) is 0 Å². The van der Waals surface area contributed by atoms with Crippen LogP contribution in [0.4, 0.5) is 0 Å². The van der Waals surface area contributed by atoms with Gasteiger partial charge in [0.2, 0.25) is 0 Å². The Kier molecular flexibility index (Phi) is 4.85. The van der Waals surface area contributed by atoms with E-state index in [2.05, 4.69) is 13.0 Å². The minimum atomic E-state index is 0.114. The van der Waals surface area contributed by atoms with Crippen LogP contribution in [-0.4, -0.2) is 5.78 Å². The minimum absolute atomic E-state index is 0.114. The van der Waals surface area contributed by atoms with Gasteiger partial charge in [-0.1, -0.05) is 47.5 Å². The zero-order valence-corrected chi connectivity index (χ0v) is 13.1. The number of rotatable bonds is 4. The fourth-order valence-electron chi connectivity index (χ4n) is 2.10. The first-order valence-corrected chi connectivity index (χ1v) is 7.23. The van der Waals surface area contributed by atoms with Crippen molar-refractivity contribution in [2.24, 2.45) is 0 Å². The second-order valence-corrected chi connectivity index (χ2v) is 5.83. The molecular formula is C17H16Cl2O. The summed E-state index contributed by atoms with van der Waals surface area (Å²) in [5, 5.41) is 1.09. The number of ketones is 1. The Balaban J connectivity index is 2.11. The number of aryl methyl sites for hydroxylation is 2. The van der Waals surface area contributed by atoms with Crippen molar-refractivity contribution in [1.29, 1.82) is 0 Å². The van der Waals surface area contributed by atoms with Crippen LogP contribution in [0.15, 0.2) is 36.4 Å². The van der Waals surface area contributed by atoms with Crippen molar-refractivity contribution in [3.05, 3.63) is 68.7 Å². The third-order valence-electron chi connectivity index (χ3n) is 3.41. The summed E-state index contributed by atoms with van der Waals surface area (Å²) in [6, 6.07) is 11.4. The van der Waals surface area contributed by atoms with Crippen LogP contribution in [0.2, 0.25) is 10.0 Å². The molecule has 0 aliphatic carbocycles. The zero-order chi connectivity index (χ0) is 14.7. The third-order valence-corrected chi connectivity index (χ3v) is 4.12. The summed E-state index contributed by atoms with van der Waals surface area (Å²) in [7, 11) is 0. The van der Waals surface area contributed by atoms with Crippen LogP contribution in [0.5, 0.6) is 0 Å². The Hall–Kier alpha value is -1.31. The lowest BCUT2D eigenvalue weighted by molar-refractivity contribution is -0.117. The van der Waals surface area contributed by atoms with Gasteiger partial charge in [-0.05, 0) is 48.2 Å². The molecule has 0 bridgehead atoms. The van der Waals surface area contributed by atoms with Crippen molar-refractivity contribution in [3.63, 3.8) is 0 Å². The second kappa shape index (κ2) is 6.43. The van der Waals surface area contributed by atoms with Gasteiger partial charge >= 0.3 is 0 Å². The van der Waals surface area contributed by atoms with E-state index in [0.717, 1.165) is 5.56 Å². The number of carbonyl (C=O) groups excluding carboxylic acids is 1. The van der Waals surface area contributed by atoms with Gasteiger partial charge in [-0.15, -0.1) is 0 Å². The van der Waals surface area contributed by atoms with Gasteiger partial charge in [-0.25, -0.2) is 0 Å². The molecule has 0 amide bonds. The normalized spacial score (nSPS) is 10.6. The summed E-state index contributed by atoms with van der Waals surface area (Å²) < 4.78 is 0. The van der Waals surface area contributed by atoms with Gasteiger partial charge in [0.1, 0.15) is 5.78 Å². The molecule has 2 aromatic rings. The van der Waals surface area contributed by atoms with Crippen LogP contribution in [0.1, 0.15) is 22.3 Å². The Morgan fingerprint density at radius 3 is 2.20 bits per heavy atom. The highest BCUT2D eigenvalue weighted by atomic mass is 35.5. The third kappa shape index (κ3) is 3.62. The number of hydrogen-bond acceptors (Lipinski definition) is 1. The summed E-state index contributed by atoms with van der Waals surface area (Å²) >= 11 is 12.2. The molecule has 0 N–H and O–H groups in total. The van der Waals surface area contributed by atoms with E-state index in [-0.39, 0.29) is 12.2 Å². The molecule has 0 aliphatic rings. The maximum Gasteiger partial charge on any atom is 0.141 e. The molecule has 0 spiro atoms. The van der Waals surface area contributed by atoms with E-state index in [1.165, 1.54) is 11.1 Å². The fourth-order valence-corrected chi connectivity index (χ4v) is 2.63. The van der Waals surface area contributed by atoms with Gasteiger partial charge in [-0.2, -0.15) is 0 Å². The predicted octanol–water partition coefficient (Wildman–Crippen LogP) is 4.96. The SMILES string of the molecule is Cc1ccc(CC(=O)Cc2c(Cl)cccc2Cl)cc1C. The monoisotopic (exact) mass is 306 g/mol. The maximum absolute atomic E-state index is 12.2. The first kappa shape index (κ1) is 15.1. The standard InChI is InChI=1S/C17H16Cl2O/c1-11-6-7-13(8-12(11)2)9-14(20)10-15-16(18)4-3-5-17(15)19/h3-8H,9-10H2,1-2H3. The molecule has 1 nitrogen and oxygen atoms in total. The van der Waals surface area contributed by atoms with E-state index in [1.54, 1.807) is 18.2 Å². The van der Waals surface area contributed by atoms with Crippen LogP contribution >= 0.6 is 23.2 Å². The lowest BCUT2D eigenvalue weighted by Crippen LogP contribution is -2.07. The highest BCUT2D eigenvalue weighted by Gasteiger charge is 2.11. The Labute approximate surface area is 129 Å². The Morgan fingerprint density at radius 2 is 1.60 bits per heavy atom. The fraction of sp³-hybridized carbons (Fsp3) is 0.235. The molecule has 0 aromatic heterocycles. The van der Waals surface area contributed by atoms with Gasteiger partial charge < -0.3 is 0 Å². The van der Waals surface area contributed by atoms with Crippen molar-refractivity contribution >= 4 is 29.0 Å². The summed E-state index contributed by atoms with van der Waals surface area (Å²) in [6.07, 6.45) is 0.675. The van der Waals surface area contributed by atoms with Crippen LogP contribution in [0, 0.1) is 13.8 Å². The molecule has 0 saturated heterocycles. The lowest BCUT2D eigenvalue weighted by atomic mass is 9.99. The average molecular weight is 307 g/mol. The minimum Gasteiger partial charge on any atom is -0.299 e. The van der Waals surface area contributed by atoms with Crippen LogP contribution < -0.4 is 0 Å². The van der Waals surface area contributed by atoms with Crippen molar-refractivity contribution in [2.45, 2.75) is 26.7 Å². The summed E-state index contributed by atoms with van der Waals surface area (Å²) in [4.78, 5) is 12.2. The molecule has 20 heavy (non-hydrogen) atoms. The van der Waals surface area contributed by atoms with Gasteiger partial charge in [0.15, 0.2) is 0 Å². The molecule has 0 atom stereocenters. The number of Topliss-reactive ketones (excluding diaryl/α,β-unsaturated/α-hetero) is 1. The molecule has 0 saturated carbocycles. The van der Waals surface area contributed by atoms with Crippen LogP contribution in [-0.2, 0) is 17.6 Å². The molecule has 104 valence electrons. The Bertz CT molecular complexity index is 627. The average Bonchev–Trinajstić information content (AvgIpc) is 2.38. The topological polar surface area (TPSA) is 17.1 Å². The molecular weight excluding hydrogens is 291 g/mol. The van der Waals surface area contributed by atoms with E-state index in [0.29, 0.717) is 22.0 Å². The highest BCUT2D eigenvalue weighted by molar-refractivity contribution is 6.36. The van der Waals surface area contributed by atoms with Crippen molar-refractivity contribution in [1.82, 2.24) is 0 Å². The number of carbonyl (C=O) groups is 1. The summed E-state index contributed by atoms with van der Waals surface area (Å²) in [5.41, 5.74) is 4.17. The maximum atomic E-state index is 12.2. The lowest BCUT2D eigenvalue weighted by Gasteiger charge is -2.07. The molecule has 2 aromatic carbocycles. The number of hydrogen-bond donors (Lipinski definition) is 0. The smallest absolute Gasteiger partial charge is 0.141 e. The molecule has 0 radical (unpaired) electrons. The van der Waals surface area contributed by atoms with Gasteiger partial charge in [-0.3, -0.25) is 4.79 Å². The highest BCUT2D eigenvalue weighted by Crippen LogP contribution is 2.25. The van der Waals surface area contributed by atoms with Crippen molar-refractivity contribution in [3.8, 4) is 0 Å². The molecule has 3 heteroatoms. The molecule has 0 heterocycles. The quantitative estimate of drug-likeness (QED) is 0.780. The number of benzene rings is 2. The molecule has 0 unspecified atom stereocenters. The van der Waals surface area contributed by atoms with E-state index in [4.69, 9.17) is 23.2 Å². The summed E-state index contributed by atoms with van der Waals surface area (Å²) in [6.45, 7) is 4.11. The van der Waals surface area contributed by atoms with E-state index in [9.17, 15) is 4.79 Å². The van der Waals surface area contributed by atoms with E-state index in [1.807, 2.05) is 19.1 Å². The predicted molar refractivity (Wildman–Crippen MR) is 84.8 cm³/mol. The Morgan fingerprint density at radius 1 is 0.950 bits per heavy atom. The van der Waals surface area contributed by atoms with E-state index >= 15 is 0 Å². The second-order valence-electron chi connectivity index (χ2n) is 5.01. The summed E-state index contributed by atoms with van der Waals surface area (Å²) in [5.74, 6) is 0.114. The van der Waals surface area contributed by atoms with Crippen molar-refractivity contribution in [2.75, 3.05) is 0 Å². The number of halogens is 2. The van der Waals surface area contributed by atoms with E-state index < -0.39 is 0 Å². The van der Waals surface area contributed by atoms with Gasteiger partial charge in [0, 0.05) is 22.9 Å². The van der Waals surface area contributed by atoms with Crippen molar-refractivity contribution < 1.29 is 4.79 Å². The molecule has 2 rings (SSSR count). The first-order chi connectivity index (χ1) is 9.47. The first-order valence-electron chi connectivity index (χ1n) is 6.48.